The molecule has 18 heavy (non-hydrogen) atoms. The summed E-state index contributed by atoms with van der Waals surface area (Å²) in [7, 11) is -3.18. The largest absolute Gasteiger partial charge is 0.316 e. The van der Waals surface area contributed by atoms with E-state index in [9.17, 15) is 8.42 Å². The smallest absolute Gasteiger partial charge is 0.215 e. The first-order chi connectivity index (χ1) is 8.46. The van der Waals surface area contributed by atoms with Gasteiger partial charge >= 0.3 is 0 Å². The number of hydrogen-bond acceptors (Lipinski definition) is 3. The third kappa shape index (κ3) is 4.21. The first-order valence-corrected chi connectivity index (χ1v) is 8.69. The van der Waals surface area contributed by atoms with Crippen molar-refractivity contribution in [3.8, 4) is 0 Å². The first-order valence-electron chi connectivity index (χ1n) is 7.15. The maximum Gasteiger partial charge on any atom is 0.215 e. The molecule has 0 spiro atoms. The predicted octanol–water partition coefficient (Wildman–Crippen LogP) is 1.87. The van der Waals surface area contributed by atoms with Crippen LogP contribution < -0.4 is 10.0 Å². The van der Waals surface area contributed by atoms with Gasteiger partial charge in [0.05, 0.1) is 5.25 Å². The molecule has 4 nitrogen and oxygen atoms in total. The highest BCUT2D eigenvalue weighted by atomic mass is 32.2. The van der Waals surface area contributed by atoms with Crippen LogP contribution >= 0.6 is 0 Å². The standard InChI is InChI=1S/C13H28N2O2S/c1-4-13(8-6-7-9-13)11-15-18(16,17)12(3)10-14-5-2/h12,14-15H,4-11H2,1-3H3. The van der Waals surface area contributed by atoms with Crippen molar-refractivity contribution < 1.29 is 8.42 Å². The molecule has 0 amide bonds. The molecule has 1 rings (SSSR count). The van der Waals surface area contributed by atoms with Gasteiger partial charge in [0.25, 0.3) is 0 Å². The number of sulfonamides is 1. The molecular weight excluding hydrogens is 248 g/mol. The van der Waals surface area contributed by atoms with Gasteiger partial charge in [-0.05, 0) is 38.1 Å². The summed E-state index contributed by atoms with van der Waals surface area (Å²) in [6.45, 7) is 7.85. The van der Waals surface area contributed by atoms with E-state index in [1.54, 1.807) is 6.92 Å². The third-order valence-electron chi connectivity index (χ3n) is 4.27. The van der Waals surface area contributed by atoms with Crippen LogP contribution in [0.2, 0.25) is 0 Å². The van der Waals surface area contributed by atoms with Gasteiger partial charge in [-0.1, -0.05) is 26.7 Å². The molecule has 0 aromatic carbocycles. The Bertz CT molecular complexity index is 335. The molecule has 1 aliphatic rings. The average Bonchev–Trinajstić information content (AvgIpc) is 2.83. The molecule has 0 aromatic rings. The summed E-state index contributed by atoms with van der Waals surface area (Å²) < 4.78 is 27.0. The Balaban J connectivity index is 2.50. The Morgan fingerprint density at radius 3 is 2.33 bits per heavy atom. The van der Waals surface area contributed by atoms with E-state index in [0.29, 0.717) is 13.1 Å². The second-order valence-corrected chi connectivity index (χ2v) is 7.73. The van der Waals surface area contributed by atoms with Crippen molar-refractivity contribution in [3.63, 3.8) is 0 Å². The van der Waals surface area contributed by atoms with E-state index >= 15 is 0 Å². The summed E-state index contributed by atoms with van der Waals surface area (Å²) in [4.78, 5) is 0. The molecule has 1 unspecified atom stereocenters. The second-order valence-electron chi connectivity index (χ2n) is 5.55. The second kappa shape index (κ2) is 6.87. The van der Waals surface area contributed by atoms with Gasteiger partial charge in [0, 0.05) is 13.1 Å². The lowest BCUT2D eigenvalue weighted by atomic mass is 9.84. The highest BCUT2D eigenvalue weighted by Gasteiger charge is 2.33. The highest BCUT2D eigenvalue weighted by Crippen LogP contribution is 2.40. The normalized spacial score (nSPS) is 21.1. The van der Waals surface area contributed by atoms with Gasteiger partial charge in [-0.15, -0.1) is 0 Å². The van der Waals surface area contributed by atoms with E-state index in [1.807, 2.05) is 6.92 Å². The zero-order valence-corrected chi connectivity index (χ0v) is 12.8. The first kappa shape index (κ1) is 15.9. The minimum Gasteiger partial charge on any atom is -0.316 e. The molecule has 1 aliphatic carbocycles. The van der Waals surface area contributed by atoms with Crippen molar-refractivity contribution in [1.29, 1.82) is 0 Å². The number of rotatable bonds is 8. The fraction of sp³-hybridized carbons (Fsp3) is 1.00. The van der Waals surface area contributed by atoms with Crippen molar-refractivity contribution in [2.24, 2.45) is 5.41 Å². The van der Waals surface area contributed by atoms with E-state index in [-0.39, 0.29) is 10.7 Å². The maximum absolute atomic E-state index is 12.1. The lowest BCUT2D eigenvalue weighted by Gasteiger charge is -2.28. The molecule has 0 saturated heterocycles. The van der Waals surface area contributed by atoms with E-state index in [1.165, 1.54) is 12.8 Å². The fourth-order valence-corrected chi connectivity index (χ4v) is 3.76. The minimum atomic E-state index is -3.18. The van der Waals surface area contributed by atoms with E-state index in [0.717, 1.165) is 25.8 Å². The molecule has 1 atom stereocenters. The molecule has 1 saturated carbocycles. The third-order valence-corrected chi connectivity index (χ3v) is 6.05. The van der Waals surface area contributed by atoms with Crippen LogP contribution in [0.3, 0.4) is 0 Å². The van der Waals surface area contributed by atoms with Crippen molar-refractivity contribution in [2.75, 3.05) is 19.6 Å². The quantitative estimate of drug-likeness (QED) is 0.711. The van der Waals surface area contributed by atoms with Crippen molar-refractivity contribution in [1.82, 2.24) is 10.0 Å². The van der Waals surface area contributed by atoms with Gasteiger partial charge in [0.1, 0.15) is 0 Å². The van der Waals surface area contributed by atoms with Crippen LogP contribution in [0.1, 0.15) is 52.9 Å². The average molecular weight is 276 g/mol. The number of hydrogen-bond donors (Lipinski definition) is 2. The van der Waals surface area contributed by atoms with Gasteiger partial charge in [-0.2, -0.15) is 0 Å². The van der Waals surface area contributed by atoms with Gasteiger partial charge in [0.15, 0.2) is 0 Å². The summed E-state index contributed by atoms with van der Waals surface area (Å²) >= 11 is 0. The molecule has 0 bridgehead atoms. The molecule has 0 aromatic heterocycles. The molecule has 1 fully saturated rings. The molecule has 2 N–H and O–H groups in total. The molecule has 0 heterocycles. The molecule has 108 valence electrons. The molecular formula is C13H28N2O2S. The van der Waals surface area contributed by atoms with Crippen LogP contribution in [0.5, 0.6) is 0 Å². The Kier molecular flexibility index (Phi) is 6.08. The Labute approximate surface area is 112 Å². The topological polar surface area (TPSA) is 58.2 Å². The summed E-state index contributed by atoms with van der Waals surface area (Å²) in [5.41, 5.74) is 0.213. The molecule has 0 radical (unpaired) electrons. The SMILES string of the molecule is CCNCC(C)S(=O)(=O)NCC1(CC)CCCC1. The van der Waals surface area contributed by atoms with Crippen molar-refractivity contribution in [3.05, 3.63) is 0 Å². The van der Waals surface area contributed by atoms with Crippen molar-refractivity contribution >= 4 is 10.0 Å². The van der Waals surface area contributed by atoms with Crippen LogP contribution in [0.15, 0.2) is 0 Å². The fourth-order valence-electron chi connectivity index (χ4n) is 2.63. The molecule has 0 aliphatic heterocycles. The summed E-state index contributed by atoms with van der Waals surface area (Å²) in [5, 5.41) is 2.72. The lowest BCUT2D eigenvalue weighted by Crippen LogP contribution is -2.43. The van der Waals surface area contributed by atoms with Gasteiger partial charge in [-0.3, -0.25) is 0 Å². The zero-order chi connectivity index (χ0) is 13.6. The summed E-state index contributed by atoms with van der Waals surface area (Å²) in [5.74, 6) is 0. The van der Waals surface area contributed by atoms with E-state index < -0.39 is 10.0 Å². The Hall–Kier alpha value is -0.130. The van der Waals surface area contributed by atoms with Crippen molar-refractivity contribution in [2.45, 2.75) is 58.1 Å². The van der Waals surface area contributed by atoms with Gasteiger partial charge in [-0.25, -0.2) is 13.1 Å². The zero-order valence-electron chi connectivity index (χ0n) is 12.0. The minimum absolute atomic E-state index is 0.213. The van der Waals surface area contributed by atoms with Crippen LogP contribution in [-0.4, -0.2) is 33.3 Å². The summed E-state index contributed by atoms with van der Waals surface area (Å²) in [6.07, 6.45) is 5.86. The number of nitrogens with one attached hydrogen (secondary N) is 2. The van der Waals surface area contributed by atoms with Crippen LogP contribution in [0.4, 0.5) is 0 Å². The van der Waals surface area contributed by atoms with Crippen LogP contribution in [-0.2, 0) is 10.0 Å². The summed E-state index contributed by atoms with van der Waals surface area (Å²) in [6, 6.07) is 0. The monoisotopic (exact) mass is 276 g/mol. The van der Waals surface area contributed by atoms with Crippen LogP contribution in [0.25, 0.3) is 0 Å². The molecule has 5 heteroatoms. The van der Waals surface area contributed by atoms with E-state index in [4.69, 9.17) is 0 Å². The van der Waals surface area contributed by atoms with Gasteiger partial charge < -0.3 is 5.32 Å². The Morgan fingerprint density at radius 2 is 1.83 bits per heavy atom. The van der Waals surface area contributed by atoms with Gasteiger partial charge in [0.2, 0.25) is 10.0 Å². The lowest BCUT2D eigenvalue weighted by molar-refractivity contribution is 0.285. The maximum atomic E-state index is 12.1. The highest BCUT2D eigenvalue weighted by molar-refractivity contribution is 7.90. The predicted molar refractivity (Wildman–Crippen MR) is 76.1 cm³/mol. The Morgan fingerprint density at radius 1 is 1.22 bits per heavy atom. The van der Waals surface area contributed by atoms with Crippen LogP contribution in [0, 0.1) is 5.41 Å². The van der Waals surface area contributed by atoms with E-state index in [2.05, 4.69) is 17.0 Å².